The van der Waals surface area contributed by atoms with Crippen molar-refractivity contribution in [3.63, 3.8) is 0 Å². The van der Waals surface area contributed by atoms with Gasteiger partial charge in [0.05, 0.1) is 11.8 Å². The zero-order chi connectivity index (χ0) is 11.5. The van der Waals surface area contributed by atoms with E-state index in [4.69, 9.17) is 4.74 Å². The Hall–Kier alpha value is -1.29. The van der Waals surface area contributed by atoms with Crippen molar-refractivity contribution in [1.29, 1.82) is 0 Å². The smallest absolute Gasteiger partial charge is 0.272 e. The molecule has 0 saturated heterocycles. The predicted octanol–water partition coefficient (Wildman–Crippen LogP) is 2.87. The van der Waals surface area contributed by atoms with Gasteiger partial charge in [0.2, 0.25) is 0 Å². The van der Waals surface area contributed by atoms with Gasteiger partial charge in [-0.1, -0.05) is 30.9 Å². The van der Waals surface area contributed by atoms with Gasteiger partial charge in [0.15, 0.2) is 0 Å². The standard InChI is InChI=1S/C12H15NO2S/c1-3-4-8-13-12(14)11-9(15-2)6-5-7-10(11)16-13/h5-7H,3-4,8H2,1-2H3. The molecular formula is C12H15NO2S. The maximum absolute atomic E-state index is 12.1. The van der Waals surface area contributed by atoms with Crippen LogP contribution in [0.3, 0.4) is 0 Å². The topological polar surface area (TPSA) is 31.2 Å². The SMILES string of the molecule is CCCCn1sc2cccc(OC)c2c1=O. The maximum Gasteiger partial charge on any atom is 0.272 e. The molecule has 0 atom stereocenters. The zero-order valence-corrected chi connectivity index (χ0v) is 10.3. The first kappa shape index (κ1) is 11.2. The van der Waals surface area contributed by atoms with Crippen LogP contribution in [0, 0.1) is 0 Å². The highest BCUT2D eigenvalue weighted by Crippen LogP contribution is 2.25. The van der Waals surface area contributed by atoms with E-state index in [1.165, 1.54) is 11.5 Å². The lowest BCUT2D eigenvalue weighted by atomic mass is 10.2. The molecule has 2 aromatic rings. The lowest BCUT2D eigenvalue weighted by Crippen LogP contribution is -2.13. The fourth-order valence-corrected chi connectivity index (χ4v) is 2.75. The molecule has 0 saturated carbocycles. The number of methoxy groups -OCH3 is 1. The van der Waals surface area contributed by atoms with Crippen molar-refractivity contribution in [3.8, 4) is 5.75 Å². The number of aromatic nitrogens is 1. The minimum atomic E-state index is 0.0749. The molecular weight excluding hydrogens is 222 g/mol. The van der Waals surface area contributed by atoms with Gasteiger partial charge in [0.1, 0.15) is 11.1 Å². The highest BCUT2D eigenvalue weighted by atomic mass is 32.1. The molecule has 3 nitrogen and oxygen atoms in total. The lowest BCUT2D eigenvalue weighted by Gasteiger charge is -1.98. The number of hydrogen-bond acceptors (Lipinski definition) is 3. The van der Waals surface area contributed by atoms with Crippen molar-refractivity contribution in [2.75, 3.05) is 7.11 Å². The van der Waals surface area contributed by atoms with E-state index in [1.807, 2.05) is 22.2 Å². The molecule has 2 rings (SSSR count). The number of rotatable bonds is 4. The molecule has 4 heteroatoms. The third-order valence-corrected chi connectivity index (χ3v) is 3.68. The summed E-state index contributed by atoms with van der Waals surface area (Å²) in [4.78, 5) is 12.1. The normalized spacial score (nSPS) is 10.9. The first-order valence-electron chi connectivity index (χ1n) is 5.44. The Morgan fingerprint density at radius 2 is 2.25 bits per heavy atom. The van der Waals surface area contributed by atoms with Gasteiger partial charge >= 0.3 is 0 Å². The molecule has 0 unspecified atom stereocenters. The summed E-state index contributed by atoms with van der Waals surface area (Å²) in [5, 5.41) is 0.714. The van der Waals surface area contributed by atoms with Crippen molar-refractivity contribution in [2.45, 2.75) is 26.3 Å². The second kappa shape index (κ2) is 4.70. The highest BCUT2D eigenvalue weighted by Gasteiger charge is 2.11. The number of unbranched alkanes of at least 4 members (excludes halogenated alkanes) is 1. The van der Waals surface area contributed by atoms with Gasteiger partial charge in [-0.05, 0) is 18.6 Å². The Morgan fingerprint density at radius 3 is 2.94 bits per heavy atom. The van der Waals surface area contributed by atoms with Crippen molar-refractivity contribution in [3.05, 3.63) is 28.6 Å². The third-order valence-electron chi connectivity index (χ3n) is 2.57. The quantitative estimate of drug-likeness (QED) is 0.818. The van der Waals surface area contributed by atoms with Gasteiger partial charge in [-0.3, -0.25) is 8.75 Å². The monoisotopic (exact) mass is 237 g/mol. The Kier molecular flexibility index (Phi) is 3.29. The van der Waals surface area contributed by atoms with E-state index < -0.39 is 0 Å². The van der Waals surface area contributed by atoms with Crippen LogP contribution in [0.2, 0.25) is 0 Å². The number of ether oxygens (including phenoxy) is 1. The van der Waals surface area contributed by atoms with Crippen molar-refractivity contribution >= 4 is 21.6 Å². The second-order valence-electron chi connectivity index (χ2n) is 3.69. The number of fused-ring (bicyclic) bond motifs is 1. The summed E-state index contributed by atoms with van der Waals surface area (Å²) in [7, 11) is 1.60. The van der Waals surface area contributed by atoms with E-state index in [2.05, 4.69) is 6.92 Å². The summed E-state index contributed by atoms with van der Waals surface area (Å²) >= 11 is 1.52. The van der Waals surface area contributed by atoms with Crippen molar-refractivity contribution in [2.24, 2.45) is 0 Å². The third kappa shape index (κ3) is 1.85. The second-order valence-corrected chi connectivity index (χ2v) is 4.75. The van der Waals surface area contributed by atoms with E-state index in [9.17, 15) is 4.79 Å². The molecule has 0 radical (unpaired) electrons. The molecule has 0 spiro atoms. The van der Waals surface area contributed by atoms with Gasteiger partial charge in [0, 0.05) is 6.54 Å². The lowest BCUT2D eigenvalue weighted by molar-refractivity contribution is 0.419. The molecule has 0 amide bonds. The van der Waals surface area contributed by atoms with Gasteiger partial charge in [-0.15, -0.1) is 0 Å². The zero-order valence-electron chi connectivity index (χ0n) is 9.53. The molecule has 0 aliphatic heterocycles. The van der Waals surface area contributed by atoms with Crippen LogP contribution in [0.15, 0.2) is 23.0 Å². The Labute approximate surface area is 98.4 Å². The molecule has 0 fully saturated rings. The largest absolute Gasteiger partial charge is 0.496 e. The van der Waals surface area contributed by atoms with Crippen molar-refractivity contribution < 1.29 is 4.74 Å². The fourth-order valence-electron chi connectivity index (χ4n) is 1.70. The van der Waals surface area contributed by atoms with Gasteiger partial charge < -0.3 is 4.74 Å². The first-order valence-corrected chi connectivity index (χ1v) is 6.22. The van der Waals surface area contributed by atoms with Crippen LogP contribution in [-0.2, 0) is 6.54 Å². The Bertz CT molecular complexity index is 541. The molecule has 16 heavy (non-hydrogen) atoms. The fraction of sp³-hybridized carbons (Fsp3) is 0.417. The summed E-state index contributed by atoms with van der Waals surface area (Å²) in [5.41, 5.74) is 0.0749. The van der Waals surface area contributed by atoms with E-state index in [0.29, 0.717) is 11.1 Å². The van der Waals surface area contributed by atoms with Crippen LogP contribution in [0.1, 0.15) is 19.8 Å². The minimum absolute atomic E-state index is 0.0749. The van der Waals surface area contributed by atoms with Crippen LogP contribution in [0.25, 0.3) is 10.1 Å². The molecule has 0 bridgehead atoms. The van der Waals surface area contributed by atoms with Crippen LogP contribution in [0.4, 0.5) is 0 Å². The van der Waals surface area contributed by atoms with Crippen LogP contribution in [-0.4, -0.2) is 11.1 Å². The first-order chi connectivity index (χ1) is 7.77. The molecule has 1 aromatic heterocycles. The average Bonchev–Trinajstić information content (AvgIpc) is 2.64. The summed E-state index contributed by atoms with van der Waals surface area (Å²) in [6.45, 7) is 2.93. The maximum atomic E-state index is 12.1. The van der Waals surface area contributed by atoms with Crippen molar-refractivity contribution in [1.82, 2.24) is 3.96 Å². The van der Waals surface area contributed by atoms with Crippen LogP contribution >= 0.6 is 11.5 Å². The molecule has 1 heterocycles. The average molecular weight is 237 g/mol. The molecule has 86 valence electrons. The molecule has 1 aromatic carbocycles. The van der Waals surface area contributed by atoms with Gasteiger partial charge in [-0.2, -0.15) is 0 Å². The number of hydrogen-bond donors (Lipinski definition) is 0. The molecule has 0 aliphatic carbocycles. The van der Waals surface area contributed by atoms with Gasteiger partial charge in [0.25, 0.3) is 5.56 Å². The van der Waals surface area contributed by atoms with E-state index in [0.717, 1.165) is 24.1 Å². The minimum Gasteiger partial charge on any atom is -0.496 e. The van der Waals surface area contributed by atoms with Crippen LogP contribution < -0.4 is 10.3 Å². The number of nitrogens with zero attached hydrogens (tertiary/aromatic N) is 1. The Morgan fingerprint density at radius 1 is 1.44 bits per heavy atom. The van der Waals surface area contributed by atoms with E-state index in [-0.39, 0.29) is 5.56 Å². The number of aryl methyl sites for hydroxylation is 1. The van der Waals surface area contributed by atoms with E-state index in [1.54, 1.807) is 7.11 Å². The highest BCUT2D eigenvalue weighted by molar-refractivity contribution is 7.13. The number of benzene rings is 1. The van der Waals surface area contributed by atoms with Crippen LogP contribution in [0.5, 0.6) is 5.75 Å². The molecule has 0 N–H and O–H groups in total. The summed E-state index contributed by atoms with van der Waals surface area (Å²) in [5.74, 6) is 0.675. The summed E-state index contributed by atoms with van der Waals surface area (Å²) in [6.07, 6.45) is 2.13. The van der Waals surface area contributed by atoms with Gasteiger partial charge in [-0.25, -0.2) is 0 Å². The molecule has 0 aliphatic rings. The summed E-state index contributed by atoms with van der Waals surface area (Å²) < 4.78 is 8.04. The Balaban J connectivity index is 2.55. The predicted molar refractivity (Wildman–Crippen MR) is 67.5 cm³/mol. The summed E-state index contributed by atoms with van der Waals surface area (Å²) in [6, 6.07) is 5.72. The van der Waals surface area contributed by atoms with E-state index >= 15 is 0 Å².